The number of nitrogens with zero attached hydrogens (tertiary/aromatic N) is 1. The van der Waals surface area contributed by atoms with Gasteiger partial charge in [-0.1, -0.05) is 33.3 Å². The van der Waals surface area contributed by atoms with Gasteiger partial charge in [-0.3, -0.25) is 28.8 Å². The van der Waals surface area contributed by atoms with E-state index in [9.17, 15) is 28.8 Å². The number of hydrogen-bond donors (Lipinski definition) is 5. The molecule has 12 heteroatoms. The molecule has 1 saturated heterocycles. The molecule has 6 N–H and O–H groups in total. The van der Waals surface area contributed by atoms with E-state index < -0.39 is 59.5 Å². The van der Waals surface area contributed by atoms with Crippen LogP contribution in [0.2, 0.25) is 0 Å². The van der Waals surface area contributed by atoms with E-state index in [1.54, 1.807) is 13.8 Å². The van der Waals surface area contributed by atoms with Crippen LogP contribution in [0.3, 0.4) is 0 Å². The summed E-state index contributed by atoms with van der Waals surface area (Å²) < 4.78 is 0. The van der Waals surface area contributed by atoms with Crippen LogP contribution in [-0.2, 0) is 28.8 Å². The van der Waals surface area contributed by atoms with Crippen molar-refractivity contribution >= 4 is 35.4 Å². The maximum atomic E-state index is 13.4. The Kier molecular flexibility index (Phi) is 13.5. The van der Waals surface area contributed by atoms with E-state index in [2.05, 4.69) is 22.5 Å². The molecule has 0 saturated carbocycles. The zero-order chi connectivity index (χ0) is 28.1. The van der Waals surface area contributed by atoms with Crippen molar-refractivity contribution < 1.29 is 33.9 Å². The average Bonchev–Trinajstić information content (AvgIpc) is 3.34. The van der Waals surface area contributed by atoms with Crippen LogP contribution >= 0.6 is 0 Å². The number of nitrogens with two attached hydrogens (primary N) is 1. The predicted molar refractivity (Wildman–Crippen MR) is 136 cm³/mol. The van der Waals surface area contributed by atoms with Gasteiger partial charge in [0.2, 0.25) is 23.5 Å². The van der Waals surface area contributed by atoms with E-state index in [1.807, 2.05) is 6.92 Å². The van der Waals surface area contributed by atoms with Gasteiger partial charge in [0.1, 0.15) is 18.1 Å². The molecule has 1 aliphatic rings. The molecule has 4 atom stereocenters. The fourth-order valence-corrected chi connectivity index (χ4v) is 4.08. The third-order valence-corrected chi connectivity index (χ3v) is 6.16. The van der Waals surface area contributed by atoms with E-state index in [4.69, 9.17) is 10.8 Å². The number of rotatable bonds is 16. The Hall–Kier alpha value is -3.28. The molecule has 1 heterocycles. The number of nitrogens with one attached hydrogen (secondary N) is 3. The molecule has 4 amide bonds. The third-order valence-electron chi connectivity index (χ3n) is 6.16. The van der Waals surface area contributed by atoms with Gasteiger partial charge in [-0.05, 0) is 38.0 Å². The molecule has 1 rings (SSSR count). The molecule has 0 aliphatic carbocycles. The van der Waals surface area contributed by atoms with Gasteiger partial charge in [-0.2, -0.15) is 0 Å². The SMILES string of the molecule is C=CCNC(=O)C(=O)C(CCC)NC(=O)C1CCCN1C(=O)C(NC(=O)CCCC(N)C(=O)O)C(C)C. The monoisotopic (exact) mass is 523 g/mol. The molecule has 0 spiro atoms. The maximum absolute atomic E-state index is 13.4. The molecule has 0 aromatic rings. The van der Waals surface area contributed by atoms with Crippen molar-refractivity contribution in [1.82, 2.24) is 20.9 Å². The van der Waals surface area contributed by atoms with Crippen molar-refractivity contribution in [3.05, 3.63) is 12.7 Å². The Balaban J connectivity index is 2.86. The average molecular weight is 524 g/mol. The number of ketones is 1. The van der Waals surface area contributed by atoms with Crippen LogP contribution in [0.1, 0.15) is 65.7 Å². The molecule has 37 heavy (non-hydrogen) atoms. The van der Waals surface area contributed by atoms with E-state index in [0.29, 0.717) is 25.8 Å². The van der Waals surface area contributed by atoms with Crippen molar-refractivity contribution in [3.8, 4) is 0 Å². The molecule has 12 nitrogen and oxygen atoms in total. The first-order valence-electron chi connectivity index (χ1n) is 12.8. The van der Waals surface area contributed by atoms with Crippen LogP contribution in [-0.4, -0.2) is 82.6 Å². The number of likely N-dealkylation sites (tertiary alicyclic amines) is 1. The zero-order valence-corrected chi connectivity index (χ0v) is 22.0. The van der Waals surface area contributed by atoms with Gasteiger partial charge in [-0.25, -0.2) is 0 Å². The first-order valence-corrected chi connectivity index (χ1v) is 12.8. The Labute approximate surface area is 217 Å². The van der Waals surface area contributed by atoms with Crippen molar-refractivity contribution in [2.45, 2.75) is 89.9 Å². The molecule has 0 aromatic heterocycles. The second-order valence-corrected chi connectivity index (χ2v) is 9.53. The van der Waals surface area contributed by atoms with Gasteiger partial charge in [0, 0.05) is 19.5 Å². The van der Waals surface area contributed by atoms with Gasteiger partial charge < -0.3 is 31.7 Å². The highest BCUT2D eigenvalue weighted by Crippen LogP contribution is 2.21. The van der Waals surface area contributed by atoms with E-state index in [0.717, 1.165) is 0 Å². The smallest absolute Gasteiger partial charge is 0.320 e. The van der Waals surface area contributed by atoms with E-state index in [1.165, 1.54) is 11.0 Å². The number of carbonyl (C=O) groups is 6. The lowest BCUT2D eigenvalue weighted by Gasteiger charge is -2.31. The molecule has 1 aliphatic heterocycles. The summed E-state index contributed by atoms with van der Waals surface area (Å²) in [6.45, 7) is 9.29. The standard InChI is InChI=1S/C25H41N5O7/c1-5-9-17(21(32)23(34)27-13-6-2)28-22(33)18-11-8-14-30(18)24(35)20(15(3)4)29-19(31)12-7-10-16(26)25(36)37/h6,15-18,20H,2,5,7-14,26H2,1,3-4H3,(H,27,34)(H,28,33)(H,29,31)(H,36,37). The van der Waals surface area contributed by atoms with Crippen LogP contribution in [0.5, 0.6) is 0 Å². The minimum Gasteiger partial charge on any atom is -0.480 e. The zero-order valence-electron chi connectivity index (χ0n) is 22.0. The highest BCUT2D eigenvalue weighted by molar-refractivity contribution is 6.38. The van der Waals surface area contributed by atoms with Crippen LogP contribution in [0.4, 0.5) is 0 Å². The number of carboxylic acid groups (broad SMARTS) is 1. The molecule has 1 fully saturated rings. The number of aliphatic carboxylic acids is 1. The quantitative estimate of drug-likeness (QED) is 0.136. The summed E-state index contributed by atoms with van der Waals surface area (Å²) in [5, 5.41) is 16.6. The largest absolute Gasteiger partial charge is 0.480 e. The summed E-state index contributed by atoms with van der Waals surface area (Å²) in [4.78, 5) is 75.8. The lowest BCUT2D eigenvalue weighted by molar-refractivity contribution is -0.144. The lowest BCUT2D eigenvalue weighted by atomic mass is 10.0. The summed E-state index contributed by atoms with van der Waals surface area (Å²) >= 11 is 0. The Morgan fingerprint density at radius 2 is 1.81 bits per heavy atom. The summed E-state index contributed by atoms with van der Waals surface area (Å²) in [6.07, 6.45) is 3.61. The second kappa shape index (κ2) is 15.7. The van der Waals surface area contributed by atoms with Crippen LogP contribution < -0.4 is 21.7 Å². The maximum Gasteiger partial charge on any atom is 0.320 e. The van der Waals surface area contributed by atoms with Crippen molar-refractivity contribution in [2.24, 2.45) is 11.7 Å². The van der Waals surface area contributed by atoms with Gasteiger partial charge in [-0.15, -0.1) is 6.58 Å². The van der Waals surface area contributed by atoms with Crippen LogP contribution in [0.25, 0.3) is 0 Å². The molecular formula is C25H41N5O7. The Bertz CT molecular complexity index is 860. The first-order chi connectivity index (χ1) is 17.4. The first kappa shape index (κ1) is 31.7. The molecule has 0 radical (unpaired) electrons. The normalized spacial score (nSPS) is 17.4. The second-order valence-electron chi connectivity index (χ2n) is 9.53. The number of hydrogen-bond acceptors (Lipinski definition) is 7. The van der Waals surface area contributed by atoms with Crippen molar-refractivity contribution in [3.63, 3.8) is 0 Å². The van der Waals surface area contributed by atoms with Gasteiger partial charge in [0.25, 0.3) is 5.91 Å². The van der Waals surface area contributed by atoms with Gasteiger partial charge in [0.05, 0.1) is 6.04 Å². The Morgan fingerprint density at radius 1 is 1.14 bits per heavy atom. The van der Waals surface area contributed by atoms with Crippen molar-refractivity contribution in [1.29, 1.82) is 0 Å². The molecule has 208 valence electrons. The summed E-state index contributed by atoms with van der Waals surface area (Å²) in [5.41, 5.74) is 5.46. The fourth-order valence-electron chi connectivity index (χ4n) is 4.08. The lowest BCUT2D eigenvalue weighted by Crippen LogP contribution is -2.57. The van der Waals surface area contributed by atoms with Gasteiger partial charge >= 0.3 is 5.97 Å². The molecule has 0 aromatic carbocycles. The number of amides is 4. The third kappa shape index (κ3) is 9.95. The van der Waals surface area contributed by atoms with E-state index in [-0.39, 0.29) is 38.1 Å². The van der Waals surface area contributed by atoms with Gasteiger partial charge in [0.15, 0.2) is 0 Å². The minimum atomic E-state index is -1.14. The van der Waals surface area contributed by atoms with Crippen LogP contribution in [0.15, 0.2) is 12.7 Å². The summed E-state index contributed by atoms with van der Waals surface area (Å²) in [5.74, 6) is -4.34. The number of carbonyl (C=O) groups excluding carboxylic acids is 5. The highest BCUT2D eigenvalue weighted by Gasteiger charge is 2.40. The van der Waals surface area contributed by atoms with Crippen molar-refractivity contribution in [2.75, 3.05) is 13.1 Å². The predicted octanol–water partition coefficient (Wildman–Crippen LogP) is -0.143. The Morgan fingerprint density at radius 3 is 2.38 bits per heavy atom. The molecule has 0 bridgehead atoms. The summed E-state index contributed by atoms with van der Waals surface area (Å²) in [7, 11) is 0. The molecule has 4 unspecified atom stereocenters. The summed E-state index contributed by atoms with van der Waals surface area (Å²) in [6, 6.07) is -3.79. The molecular weight excluding hydrogens is 482 g/mol. The minimum absolute atomic E-state index is 0.0100. The highest BCUT2D eigenvalue weighted by atomic mass is 16.4. The van der Waals surface area contributed by atoms with Crippen LogP contribution in [0, 0.1) is 5.92 Å². The van der Waals surface area contributed by atoms with E-state index >= 15 is 0 Å². The topological polar surface area (TPSA) is 188 Å². The fraction of sp³-hybridized carbons (Fsp3) is 0.680. The number of carboxylic acids is 1. The number of Topliss-reactive ketones (excluding diaryl/α,β-unsaturated/α-hetero) is 1.